The molecule has 0 spiro atoms. The summed E-state index contributed by atoms with van der Waals surface area (Å²) in [6.45, 7) is 0.857. The van der Waals surface area contributed by atoms with Gasteiger partial charge in [0.1, 0.15) is 6.61 Å². The first kappa shape index (κ1) is 24.4. The van der Waals surface area contributed by atoms with E-state index in [4.69, 9.17) is 14.3 Å². The lowest BCUT2D eigenvalue weighted by Gasteiger charge is -2.14. The highest BCUT2D eigenvalue weighted by atomic mass is 16.5. The Labute approximate surface area is 207 Å². The Kier molecular flexibility index (Phi) is 7.88. The van der Waals surface area contributed by atoms with Crippen LogP contribution in [0, 0.1) is 11.8 Å². The minimum absolute atomic E-state index is 0.00116. The fraction of sp³-hybridized carbons (Fsp3) is 0.222. The number of ether oxygens (including phenoxy) is 1. The van der Waals surface area contributed by atoms with Gasteiger partial charge in [-0.3, -0.25) is 4.79 Å². The van der Waals surface area contributed by atoms with Gasteiger partial charge in [-0.1, -0.05) is 54.5 Å². The van der Waals surface area contributed by atoms with Gasteiger partial charge in [0, 0.05) is 19.0 Å². The molecule has 0 atom stereocenters. The summed E-state index contributed by atoms with van der Waals surface area (Å²) in [4.78, 5) is 34.7. The summed E-state index contributed by atoms with van der Waals surface area (Å²) < 4.78 is 10.8. The normalized spacial score (nSPS) is 11.4. The first-order valence-corrected chi connectivity index (χ1v) is 11.5. The van der Waals surface area contributed by atoms with Crippen LogP contribution >= 0.6 is 0 Å². The van der Waals surface area contributed by atoms with E-state index >= 15 is 0 Å². The highest BCUT2D eigenvalue weighted by molar-refractivity contribution is 5.91. The van der Waals surface area contributed by atoms with E-state index in [2.05, 4.69) is 52.1 Å². The Balaban J connectivity index is 1.16. The Hall–Kier alpha value is -4.71. The maximum Gasteiger partial charge on any atom is 0.407 e. The van der Waals surface area contributed by atoms with Crippen molar-refractivity contribution < 1.29 is 28.6 Å². The molecule has 3 aromatic rings. The standard InChI is InChI=1S/C27H25N3O6/c31-25(24-13-12-18(36-24)7-5-14-29-26(32)33)28-15-6-16-30-27(34)35-17-23-21-10-3-1-8-19(21)20-9-2-4-11-22(20)23/h1-4,8-13,23,29H,6,14-17H2,(H,28,31)(H,30,34)(H,32,33). The lowest BCUT2D eigenvalue weighted by molar-refractivity contribution is 0.0925. The molecule has 0 saturated carbocycles. The van der Waals surface area contributed by atoms with Gasteiger partial charge in [0.25, 0.3) is 5.91 Å². The molecule has 9 heteroatoms. The molecule has 3 amide bonds. The first-order chi connectivity index (χ1) is 17.5. The summed E-state index contributed by atoms with van der Waals surface area (Å²) >= 11 is 0. The van der Waals surface area contributed by atoms with Crippen molar-refractivity contribution in [2.45, 2.75) is 12.3 Å². The van der Waals surface area contributed by atoms with E-state index in [1.54, 1.807) is 0 Å². The number of rotatable bonds is 8. The zero-order valence-corrected chi connectivity index (χ0v) is 19.4. The Morgan fingerprint density at radius 3 is 2.25 bits per heavy atom. The fourth-order valence-corrected chi connectivity index (χ4v) is 4.00. The summed E-state index contributed by atoms with van der Waals surface area (Å²) in [5.41, 5.74) is 4.64. The summed E-state index contributed by atoms with van der Waals surface area (Å²) in [6.07, 6.45) is -1.17. The number of carboxylic acid groups (broad SMARTS) is 1. The summed E-state index contributed by atoms with van der Waals surface area (Å²) in [5, 5.41) is 16.0. The van der Waals surface area contributed by atoms with Gasteiger partial charge in [-0.2, -0.15) is 0 Å². The topological polar surface area (TPSA) is 130 Å². The van der Waals surface area contributed by atoms with Crippen LogP contribution in [0.15, 0.2) is 65.1 Å². The third kappa shape index (κ3) is 6.04. The largest absolute Gasteiger partial charge is 0.465 e. The molecular weight excluding hydrogens is 462 g/mol. The third-order valence-corrected chi connectivity index (χ3v) is 5.62. The molecule has 2 aromatic carbocycles. The quantitative estimate of drug-likeness (QED) is 0.284. The van der Waals surface area contributed by atoms with E-state index in [1.807, 2.05) is 24.3 Å². The van der Waals surface area contributed by atoms with E-state index in [9.17, 15) is 14.4 Å². The van der Waals surface area contributed by atoms with E-state index in [1.165, 1.54) is 23.3 Å². The second kappa shape index (κ2) is 11.6. The average Bonchev–Trinajstić information content (AvgIpc) is 3.48. The van der Waals surface area contributed by atoms with Gasteiger partial charge in [0.15, 0.2) is 11.5 Å². The van der Waals surface area contributed by atoms with Crippen LogP contribution in [0.4, 0.5) is 9.59 Å². The SMILES string of the molecule is O=C(O)NCC#Cc1ccc(C(=O)NCCCNC(=O)OCC2c3ccccc3-c3ccccc32)o1. The van der Waals surface area contributed by atoms with Crippen molar-refractivity contribution in [1.29, 1.82) is 0 Å². The molecule has 1 aliphatic rings. The molecule has 1 aliphatic carbocycles. The number of carbonyl (C=O) groups is 3. The van der Waals surface area contributed by atoms with Gasteiger partial charge >= 0.3 is 12.2 Å². The maximum absolute atomic E-state index is 12.2. The van der Waals surface area contributed by atoms with Crippen molar-refractivity contribution in [3.05, 3.63) is 83.3 Å². The van der Waals surface area contributed by atoms with Crippen molar-refractivity contribution in [3.63, 3.8) is 0 Å². The molecule has 4 rings (SSSR count). The molecule has 0 fully saturated rings. The molecule has 0 unspecified atom stereocenters. The molecular formula is C27H25N3O6. The number of fused-ring (bicyclic) bond motifs is 3. The van der Waals surface area contributed by atoms with Crippen LogP contribution in [-0.4, -0.2) is 49.4 Å². The van der Waals surface area contributed by atoms with Crippen LogP contribution in [0.2, 0.25) is 0 Å². The molecule has 1 aromatic heterocycles. The molecule has 1 heterocycles. The number of nitrogens with one attached hydrogen (secondary N) is 3. The van der Waals surface area contributed by atoms with Crippen molar-refractivity contribution in [2.24, 2.45) is 0 Å². The predicted octanol–water partition coefficient (Wildman–Crippen LogP) is 3.56. The van der Waals surface area contributed by atoms with Crippen LogP contribution in [0.5, 0.6) is 0 Å². The van der Waals surface area contributed by atoms with Gasteiger partial charge in [-0.25, -0.2) is 9.59 Å². The zero-order chi connectivity index (χ0) is 25.3. The van der Waals surface area contributed by atoms with E-state index < -0.39 is 18.1 Å². The number of alkyl carbamates (subject to hydrolysis) is 1. The molecule has 184 valence electrons. The van der Waals surface area contributed by atoms with Crippen molar-refractivity contribution in [1.82, 2.24) is 16.0 Å². The first-order valence-electron chi connectivity index (χ1n) is 11.5. The number of carbonyl (C=O) groups excluding carboxylic acids is 2. The molecule has 0 aliphatic heterocycles. The summed E-state index contributed by atoms with van der Waals surface area (Å²) in [7, 11) is 0. The second-order valence-corrected chi connectivity index (χ2v) is 7.99. The molecule has 0 saturated heterocycles. The van der Waals surface area contributed by atoms with Crippen LogP contribution in [-0.2, 0) is 4.74 Å². The number of benzene rings is 2. The van der Waals surface area contributed by atoms with Crippen molar-refractivity contribution in [2.75, 3.05) is 26.2 Å². The smallest absolute Gasteiger partial charge is 0.407 e. The van der Waals surface area contributed by atoms with E-state index in [0.717, 1.165) is 11.1 Å². The Bertz CT molecular complexity index is 1270. The molecule has 36 heavy (non-hydrogen) atoms. The lowest BCUT2D eigenvalue weighted by atomic mass is 9.98. The lowest BCUT2D eigenvalue weighted by Crippen LogP contribution is -2.30. The van der Waals surface area contributed by atoms with Crippen LogP contribution in [0.3, 0.4) is 0 Å². The van der Waals surface area contributed by atoms with Gasteiger partial charge in [0.05, 0.1) is 6.54 Å². The van der Waals surface area contributed by atoms with Gasteiger partial charge in [0.2, 0.25) is 0 Å². The number of hydrogen-bond acceptors (Lipinski definition) is 5. The summed E-state index contributed by atoms with van der Waals surface area (Å²) in [5.74, 6) is 5.13. The van der Waals surface area contributed by atoms with Crippen LogP contribution in [0.25, 0.3) is 11.1 Å². The van der Waals surface area contributed by atoms with Crippen molar-refractivity contribution in [3.8, 4) is 23.0 Å². The fourth-order valence-electron chi connectivity index (χ4n) is 4.00. The van der Waals surface area contributed by atoms with Gasteiger partial charge < -0.3 is 30.2 Å². The third-order valence-electron chi connectivity index (χ3n) is 5.62. The molecule has 0 radical (unpaired) electrons. The van der Waals surface area contributed by atoms with Gasteiger partial charge in [-0.05, 0) is 46.7 Å². The Morgan fingerprint density at radius 2 is 1.56 bits per heavy atom. The molecule has 0 bridgehead atoms. The van der Waals surface area contributed by atoms with Crippen LogP contribution in [0.1, 0.15) is 39.8 Å². The van der Waals surface area contributed by atoms with E-state index in [0.29, 0.717) is 19.5 Å². The Morgan fingerprint density at radius 1 is 0.889 bits per heavy atom. The highest BCUT2D eigenvalue weighted by Crippen LogP contribution is 2.44. The maximum atomic E-state index is 12.2. The highest BCUT2D eigenvalue weighted by Gasteiger charge is 2.28. The average molecular weight is 488 g/mol. The molecule has 4 N–H and O–H groups in total. The number of furan rings is 1. The minimum Gasteiger partial charge on any atom is -0.465 e. The summed E-state index contributed by atoms with van der Waals surface area (Å²) in [6, 6.07) is 19.3. The second-order valence-electron chi connectivity index (χ2n) is 7.99. The minimum atomic E-state index is -1.17. The number of amides is 3. The molecule has 9 nitrogen and oxygen atoms in total. The predicted molar refractivity (Wildman–Crippen MR) is 132 cm³/mol. The number of hydrogen-bond donors (Lipinski definition) is 4. The van der Waals surface area contributed by atoms with E-state index in [-0.39, 0.29) is 30.6 Å². The van der Waals surface area contributed by atoms with Crippen LogP contribution < -0.4 is 16.0 Å². The zero-order valence-electron chi connectivity index (χ0n) is 19.4. The monoisotopic (exact) mass is 487 g/mol. The van der Waals surface area contributed by atoms with Crippen molar-refractivity contribution >= 4 is 18.1 Å². The van der Waals surface area contributed by atoms with Gasteiger partial charge in [-0.15, -0.1) is 0 Å².